The number of carbonyl (C=O) groups excluding carboxylic acids is 1. The molecule has 0 aliphatic carbocycles. The number of anilines is 1. The highest BCUT2D eigenvalue weighted by atomic mass is 16.3. The lowest BCUT2D eigenvalue weighted by Crippen LogP contribution is -2.49. The summed E-state index contributed by atoms with van der Waals surface area (Å²) in [5, 5.41) is 8.91. The van der Waals surface area contributed by atoms with Crippen LogP contribution in [0, 0.1) is 6.92 Å². The van der Waals surface area contributed by atoms with Crippen molar-refractivity contribution in [1.29, 1.82) is 0 Å². The van der Waals surface area contributed by atoms with Gasteiger partial charge in [-0.25, -0.2) is 0 Å². The van der Waals surface area contributed by atoms with E-state index in [4.69, 9.17) is 10.9 Å². The van der Waals surface area contributed by atoms with Crippen molar-refractivity contribution < 1.29 is 9.90 Å². The lowest BCUT2D eigenvalue weighted by atomic mass is 10.1. The average molecular weight is 278 g/mol. The summed E-state index contributed by atoms with van der Waals surface area (Å²) in [6.07, 6.45) is 0. The Morgan fingerprint density at radius 2 is 2.05 bits per heavy atom. The van der Waals surface area contributed by atoms with Gasteiger partial charge in [-0.15, -0.1) is 0 Å². The van der Waals surface area contributed by atoms with E-state index in [2.05, 4.69) is 10.3 Å². The molecule has 2 rings (SSSR count). The molecule has 0 bridgehead atoms. The zero-order valence-electron chi connectivity index (χ0n) is 11.8. The molecular formula is C14H22N4O2. The number of nitrogen functional groups attached to an aromatic ring is 1. The van der Waals surface area contributed by atoms with Crippen LogP contribution in [0.4, 0.5) is 5.69 Å². The molecule has 1 fully saturated rings. The molecule has 1 aromatic carbocycles. The zero-order valence-corrected chi connectivity index (χ0v) is 11.8. The average Bonchev–Trinajstić information content (AvgIpc) is 2.47. The van der Waals surface area contributed by atoms with E-state index in [9.17, 15) is 4.79 Å². The summed E-state index contributed by atoms with van der Waals surface area (Å²) in [5.74, 6) is 5.45. The second-order valence-electron chi connectivity index (χ2n) is 5.03. The lowest BCUT2D eigenvalue weighted by Gasteiger charge is -2.34. The van der Waals surface area contributed by atoms with Crippen molar-refractivity contribution in [2.45, 2.75) is 6.92 Å². The Morgan fingerprint density at radius 3 is 2.60 bits per heavy atom. The van der Waals surface area contributed by atoms with Gasteiger partial charge in [-0.1, -0.05) is 0 Å². The maximum absolute atomic E-state index is 12.4. The van der Waals surface area contributed by atoms with Crippen molar-refractivity contribution in [2.24, 2.45) is 5.84 Å². The van der Waals surface area contributed by atoms with Crippen molar-refractivity contribution in [2.75, 3.05) is 44.8 Å². The molecule has 0 aromatic heterocycles. The molecular weight excluding hydrogens is 256 g/mol. The molecule has 20 heavy (non-hydrogen) atoms. The lowest BCUT2D eigenvalue weighted by molar-refractivity contribution is 0.0615. The number of nitrogens with zero attached hydrogens (tertiary/aromatic N) is 2. The fraction of sp³-hybridized carbons (Fsp3) is 0.500. The molecule has 0 spiro atoms. The van der Waals surface area contributed by atoms with Gasteiger partial charge >= 0.3 is 0 Å². The van der Waals surface area contributed by atoms with E-state index in [0.717, 1.165) is 24.3 Å². The number of β-amino-alcohol motifs (C(OH)–C–C–N with tert-alkyl or cyclic N) is 1. The van der Waals surface area contributed by atoms with Gasteiger partial charge < -0.3 is 15.4 Å². The van der Waals surface area contributed by atoms with Gasteiger partial charge in [-0.2, -0.15) is 0 Å². The first-order chi connectivity index (χ1) is 9.65. The highest BCUT2D eigenvalue weighted by molar-refractivity contribution is 5.95. The highest BCUT2D eigenvalue weighted by Crippen LogP contribution is 2.17. The number of aliphatic hydroxyl groups is 1. The first-order valence-corrected chi connectivity index (χ1v) is 6.85. The van der Waals surface area contributed by atoms with Crippen molar-refractivity contribution in [3.63, 3.8) is 0 Å². The molecule has 4 N–H and O–H groups in total. The second kappa shape index (κ2) is 6.69. The first kappa shape index (κ1) is 14.8. The van der Waals surface area contributed by atoms with Gasteiger partial charge in [0.1, 0.15) is 0 Å². The Morgan fingerprint density at radius 1 is 1.35 bits per heavy atom. The van der Waals surface area contributed by atoms with E-state index in [1.54, 1.807) is 6.07 Å². The molecule has 1 heterocycles. The smallest absolute Gasteiger partial charge is 0.253 e. The first-order valence-electron chi connectivity index (χ1n) is 6.85. The molecule has 1 saturated heterocycles. The van der Waals surface area contributed by atoms with Gasteiger partial charge in [0, 0.05) is 38.3 Å². The summed E-state index contributed by atoms with van der Waals surface area (Å²) in [5.41, 5.74) is 5.08. The van der Waals surface area contributed by atoms with E-state index < -0.39 is 0 Å². The third kappa shape index (κ3) is 3.27. The second-order valence-corrected chi connectivity index (χ2v) is 5.03. The van der Waals surface area contributed by atoms with Crippen LogP contribution in [0.1, 0.15) is 15.9 Å². The predicted molar refractivity (Wildman–Crippen MR) is 78.4 cm³/mol. The van der Waals surface area contributed by atoms with Crippen LogP contribution in [0.25, 0.3) is 0 Å². The highest BCUT2D eigenvalue weighted by Gasteiger charge is 2.21. The Bertz CT molecular complexity index is 470. The van der Waals surface area contributed by atoms with Gasteiger partial charge in [0.05, 0.1) is 12.3 Å². The van der Waals surface area contributed by atoms with Gasteiger partial charge in [0.25, 0.3) is 5.91 Å². The molecule has 1 aliphatic heterocycles. The topological polar surface area (TPSA) is 81.8 Å². The molecule has 1 aliphatic rings. The standard InChI is InChI=1S/C14H22N4O2/c1-11-10-12(2-3-13(11)16-15)14(20)18-6-4-17(5-7-18)8-9-19/h2-3,10,16,19H,4-9,15H2,1H3. The zero-order chi connectivity index (χ0) is 14.5. The third-order valence-electron chi connectivity index (χ3n) is 3.70. The number of hydrogen-bond acceptors (Lipinski definition) is 5. The van der Waals surface area contributed by atoms with E-state index >= 15 is 0 Å². The number of aliphatic hydroxyl groups excluding tert-OH is 1. The maximum atomic E-state index is 12.4. The van der Waals surface area contributed by atoms with E-state index in [0.29, 0.717) is 25.2 Å². The van der Waals surface area contributed by atoms with E-state index in [-0.39, 0.29) is 12.5 Å². The van der Waals surface area contributed by atoms with Crippen LogP contribution < -0.4 is 11.3 Å². The third-order valence-corrected chi connectivity index (χ3v) is 3.70. The number of carbonyl (C=O) groups is 1. The van der Waals surface area contributed by atoms with Crippen molar-refractivity contribution in [1.82, 2.24) is 9.80 Å². The summed E-state index contributed by atoms with van der Waals surface area (Å²) in [6.45, 7) is 5.80. The van der Waals surface area contributed by atoms with E-state index in [1.807, 2.05) is 24.0 Å². The van der Waals surface area contributed by atoms with Crippen LogP contribution in [0.15, 0.2) is 18.2 Å². The van der Waals surface area contributed by atoms with Gasteiger partial charge in [-0.3, -0.25) is 15.5 Å². The summed E-state index contributed by atoms with van der Waals surface area (Å²) in [6, 6.07) is 5.48. The fourth-order valence-corrected chi connectivity index (χ4v) is 2.46. The number of nitrogens with two attached hydrogens (primary N) is 1. The van der Waals surface area contributed by atoms with Crippen LogP contribution >= 0.6 is 0 Å². The predicted octanol–water partition coefficient (Wildman–Crippen LogP) is 0.0307. The molecule has 6 nitrogen and oxygen atoms in total. The number of rotatable bonds is 4. The molecule has 0 atom stereocenters. The normalized spacial score (nSPS) is 16.2. The molecule has 6 heteroatoms. The maximum Gasteiger partial charge on any atom is 0.253 e. The number of hydrogen-bond donors (Lipinski definition) is 3. The van der Waals surface area contributed by atoms with Crippen molar-refractivity contribution in [3.8, 4) is 0 Å². The van der Waals surface area contributed by atoms with Gasteiger partial charge in [-0.05, 0) is 30.7 Å². The van der Waals surface area contributed by atoms with Crippen LogP contribution in [-0.2, 0) is 0 Å². The largest absolute Gasteiger partial charge is 0.395 e. The quantitative estimate of drug-likeness (QED) is 0.535. The monoisotopic (exact) mass is 278 g/mol. The van der Waals surface area contributed by atoms with Crippen molar-refractivity contribution >= 4 is 11.6 Å². The van der Waals surface area contributed by atoms with Crippen LogP contribution in [-0.4, -0.2) is 60.1 Å². The Balaban J connectivity index is 2.00. The number of aryl methyl sites for hydroxylation is 1. The van der Waals surface area contributed by atoms with E-state index in [1.165, 1.54) is 0 Å². The minimum atomic E-state index is 0.0559. The number of hydrazine groups is 1. The molecule has 0 saturated carbocycles. The summed E-state index contributed by atoms with van der Waals surface area (Å²) in [7, 11) is 0. The van der Waals surface area contributed by atoms with Gasteiger partial charge in [0.15, 0.2) is 0 Å². The molecule has 1 amide bonds. The van der Waals surface area contributed by atoms with Gasteiger partial charge in [0.2, 0.25) is 0 Å². The Labute approximate surface area is 119 Å². The Kier molecular flexibility index (Phi) is 4.94. The minimum absolute atomic E-state index is 0.0559. The fourth-order valence-electron chi connectivity index (χ4n) is 2.46. The molecule has 0 radical (unpaired) electrons. The van der Waals surface area contributed by atoms with Crippen molar-refractivity contribution in [3.05, 3.63) is 29.3 Å². The van der Waals surface area contributed by atoms with Crippen LogP contribution in [0.2, 0.25) is 0 Å². The molecule has 110 valence electrons. The summed E-state index contributed by atoms with van der Waals surface area (Å²) >= 11 is 0. The SMILES string of the molecule is Cc1cc(C(=O)N2CCN(CCO)CC2)ccc1NN. The Hall–Kier alpha value is -1.63. The van der Waals surface area contributed by atoms with Crippen LogP contribution in [0.3, 0.4) is 0 Å². The van der Waals surface area contributed by atoms with Crippen LogP contribution in [0.5, 0.6) is 0 Å². The minimum Gasteiger partial charge on any atom is -0.395 e. The number of nitrogens with one attached hydrogen (secondary N) is 1. The summed E-state index contributed by atoms with van der Waals surface area (Å²) < 4.78 is 0. The number of benzene rings is 1. The number of piperazine rings is 1. The number of amides is 1. The molecule has 1 aromatic rings. The molecule has 0 unspecified atom stereocenters. The summed E-state index contributed by atoms with van der Waals surface area (Å²) in [4.78, 5) is 16.4.